The summed E-state index contributed by atoms with van der Waals surface area (Å²) in [6, 6.07) is -0.712. The van der Waals surface area contributed by atoms with E-state index >= 15 is 0 Å². The van der Waals surface area contributed by atoms with Crippen LogP contribution in [0.3, 0.4) is 0 Å². The highest BCUT2D eigenvalue weighted by atomic mass is 16.4. The quantitative estimate of drug-likeness (QED) is 0.779. The zero-order chi connectivity index (χ0) is 14.3. The topological polar surface area (TPSA) is 69.6 Å². The van der Waals surface area contributed by atoms with E-state index in [0.717, 1.165) is 45.1 Å². The van der Waals surface area contributed by atoms with Crippen molar-refractivity contribution in [1.29, 1.82) is 0 Å². The number of urea groups is 1. The zero-order valence-electron chi connectivity index (χ0n) is 12.0. The van der Waals surface area contributed by atoms with Crippen molar-refractivity contribution in [1.82, 2.24) is 10.2 Å². The van der Waals surface area contributed by atoms with Crippen molar-refractivity contribution < 1.29 is 14.7 Å². The van der Waals surface area contributed by atoms with Crippen molar-refractivity contribution in [2.45, 2.75) is 70.9 Å². The molecule has 1 aliphatic heterocycles. The monoisotopic (exact) mass is 270 g/mol. The number of piperidine rings is 1. The maximum Gasteiger partial charge on any atom is 0.326 e. The molecule has 1 rings (SSSR count). The maximum atomic E-state index is 12.2. The van der Waals surface area contributed by atoms with Gasteiger partial charge in [0.25, 0.3) is 0 Å². The first-order valence-corrected chi connectivity index (χ1v) is 7.40. The Morgan fingerprint density at radius 3 is 2.68 bits per heavy atom. The molecule has 0 aromatic heterocycles. The van der Waals surface area contributed by atoms with Gasteiger partial charge in [0.15, 0.2) is 0 Å². The number of hydrogen-bond acceptors (Lipinski definition) is 2. The molecule has 1 saturated heterocycles. The molecule has 110 valence electrons. The molecule has 5 nitrogen and oxygen atoms in total. The van der Waals surface area contributed by atoms with Gasteiger partial charge < -0.3 is 15.3 Å². The van der Waals surface area contributed by atoms with Gasteiger partial charge in [0.2, 0.25) is 0 Å². The number of aliphatic carboxylic acids is 1. The lowest BCUT2D eigenvalue weighted by Crippen LogP contribution is -2.52. The fourth-order valence-electron chi connectivity index (χ4n) is 2.59. The summed E-state index contributed by atoms with van der Waals surface area (Å²) in [5, 5.41) is 11.8. The third kappa shape index (κ3) is 4.73. The second-order valence-electron chi connectivity index (χ2n) is 5.23. The summed E-state index contributed by atoms with van der Waals surface area (Å²) >= 11 is 0. The largest absolute Gasteiger partial charge is 0.480 e. The molecule has 1 aliphatic rings. The highest BCUT2D eigenvalue weighted by molar-refractivity contribution is 5.82. The van der Waals surface area contributed by atoms with Gasteiger partial charge in [0.1, 0.15) is 6.04 Å². The number of likely N-dealkylation sites (tertiary alicyclic amines) is 1. The predicted octanol–water partition coefficient (Wildman–Crippen LogP) is 2.60. The minimum atomic E-state index is -0.938. The Hall–Kier alpha value is -1.26. The smallest absolute Gasteiger partial charge is 0.326 e. The van der Waals surface area contributed by atoms with Crippen LogP contribution in [0.2, 0.25) is 0 Å². The maximum absolute atomic E-state index is 12.2. The van der Waals surface area contributed by atoms with E-state index in [1.807, 2.05) is 11.8 Å². The molecule has 0 spiro atoms. The van der Waals surface area contributed by atoms with Gasteiger partial charge in [-0.2, -0.15) is 0 Å². The Morgan fingerprint density at radius 1 is 1.37 bits per heavy atom. The average molecular weight is 270 g/mol. The predicted molar refractivity (Wildman–Crippen MR) is 74.1 cm³/mol. The molecule has 1 heterocycles. The third-order valence-corrected chi connectivity index (χ3v) is 3.80. The molecule has 2 N–H and O–H groups in total. The summed E-state index contributed by atoms with van der Waals surface area (Å²) < 4.78 is 0. The number of carboxylic acids is 1. The van der Waals surface area contributed by atoms with Crippen molar-refractivity contribution in [2.75, 3.05) is 6.54 Å². The second kappa shape index (κ2) is 8.02. The molecule has 0 aliphatic carbocycles. The fraction of sp³-hybridized carbons (Fsp3) is 0.857. The van der Waals surface area contributed by atoms with E-state index in [1.165, 1.54) is 0 Å². The lowest BCUT2D eigenvalue weighted by molar-refractivity contribution is -0.139. The minimum absolute atomic E-state index is 0.213. The van der Waals surface area contributed by atoms with Gasteiger partial charge in [-0.1, -0.05) is 26.7 Å². The number of nitrogens with one attached hydrogen (secondary N) is 1. The number of amides is 2. The summed E-state index contributed by atoms with van der Waals surface area (Å²) in [5.74, 6) is -0.938. The molecule has 1 fully saturated rings. The Kier molecular flexibility index (Phi) is 6.67. The molecule has 2 atom stereocenters. The number of nitrogens with zero attached hydrogens (tertiary/aromatic N) is 1. The third-order valence-electron chi connectivity index (χ3n) is 3.80. The molecule has 2 amide bonds. The first-order valence-electron chi connectivity index (χ1n) is 7.40. The first-order chi connectivity index (χ1) is 9.10. The van der Waals surface area contributed by atoms with Gasteiger partial charge >= 0.3 is 12.0 Å². The summed E-state index contributed by atoms with van der Waals surface area (Å²) in [5.41, 5.74) is 0. The van der Waals surface area contributed by atoms with Crippen LogP contribution >= 0.6 is 0 Å². The molecule has 1 unspecified atom stereocenters. The van der Waals surface area contributed by atoms with Crippen LogP contribution in [0.25, 0.3) is 0 Å². The van der Waals surface area contributed by atoms with Crippen LogP contribution in [-0.4, -0.2) is 40.6 Å². The standard InChI is InChI=1S/C14H26N2O3/c1-3-5-9-12(13(17)18)15-14(19)16-10-7-6-8-11(16)4-2/h11-12H,3-10H2,1-2H3,(H,15,19)(H,17,18)/t11?,12-/m0/s1. The first kappa shape index (κ1) is 15.8. The van der Waals surface area contributed by atoms with Crippen LogP contribution in [0.1, 0.15) is 58.8 Å². The molecule has 0 bridgehead atoms. The number of unbranched alkanes of at least 4 members (excludes halogenated alkanes) is 1. The van der Waals surface area contributed by atoms with Crippen molar-refractivity contribution >= 4 is 12.0 Å². The second-order valence-corrected chi connectivity index (χ2v) is 5.23. The molecule has 19 heavy (non-hydrogen) atoms. The summed E-state index contributed by atoms with van der Waals surface area (Å²) in [4.78, 5) is 25.1. The Labute approximate surface area is 115 Å². The van der Waals surface area contributed by atoms with Crippen LogP contribution in [0.4, 0.5) is 4.79 Å². The van der Waals surface area contributed by atoms with Crippen LogP contribution in [0.15, 0.2) is 0 Å². The lowest BCUT2D eigenvalue weighted by atomic mass is 10.0. The molecular weight excluding hydrogens is 244 g/mol. The van der Waals surface area contributed by atoms with E-state index in [0.29, 0.717) is 6.42 Å². The summed E-state index contributed by atoms with van der Waals surface area (Å²) in [6.45, 7) is 4.82. The van der Waals surface area contributed by atoms with E-state index in [1.54, 1.807) is 0 Å². The van der Waals surface area contributed by atoms with Gasteiger partial charge in [-0.15, -0.1) is 0 Å². The zero-order valence-corrected chi connectivity index (χ0v) is 12.0. The molecule has 0 aromatic rings. The van der Waals surface area contributed by atoms with Crippen molar-refractivity contribution in [3.63, 3.8) is 0 Å². The van der Waals surface area contributed by atoms with E-state index in [4.69, 9.17) is 5.11 Å². The highest BCUT2D eigenvalue weighted by Gasteiger charge is 2.28. The normalized spacial score (nSPS) is 20.9. The van der Waals surface area contributed by atoms with E-state index < -0.39 is 12.0 Å². The highest BCUT2D eigenvalue weighted by Crippen LogP contribution is 2.19. The average Bonchev–Trinajstić information content (AvgIpc) is 2.42. The van der Waals surface area contributed by atoms with E-state index in [9.17, 15) is 9.59 Å². The Balaban J connectivity index is 2.56. The van der Waals surface area contributed by atoms with Crippen molar-refractivity contribution in [3.8, 4) is 0 Å². The number of carbonyl (C=O) groups is 2. The molecular formula is C14H26N2O3. The van der Waals surface area contributed by atoms with Crippen molar-refractivity contribution in [2.24, 2.45) is 0 Å². The SMILES string of the molecule is CCCC[C@H](NC(=O)N1CCCCC1CC)C(=O)O. The summed E-state index contributed by atoms with van der Waals surface area (Å²) in [7, 11) is 0. The molecule has 0 radical (unpaired) electrons. The molecule has 5 heteroatoms. The Morgan fingerprint density at radius 2 is 2.11 bits per heavy atom. The minimum Gasteiger partial charge on any atom is -0.480 e. The number of carboxylic acid groups (broad SMARTS) is 1. The van der Waals surface area contributed by atoms with Gasteiger partial charge in [0.05, 0.1) is 0 Å². The Bertz CT molecular complexity index is 307. The van der Waals surface area contributed by atoms with Gasteiger partial charge in [-0.05, 0) is 32.1 Å². The van der Waals surface area contributed by atoms with Crippen LogP contribution in [-0.2, 0) is 4.79 Å². The van der Waals surface area contributed by atoms with Crippen LogP contribution in [0, 0.1) is 0 Å². The fourth-order valence-corrected chi connectivity index (χ4v) is 2.59. The molecule has 0 saturated carbocycles. The van der Waals surface area contributed by atoms with Crippen LogP contribution in [0.5, 0.6) is 0 Å². The van der Waals surface area contributed by atoms with Crippen molar-refractivity contribution in [3.05, 3.63) is 0 Å². The van der Waals surface area contributed by atoms with Gasteiger partial charge in [-0.3, -0.25) is 0 Å². The number of rotatable bonds is 6. The van der Waals surface area contributed by atoms with Gasteiger partial charge in [0, 0.05) is 12.6 Å². The molecule has 0 aromatic carbocycles. The lowest BCUT2D eigenvalue weighted by Gasteiger charge is -2.35. The number of carbonyl (C=O) groups excluding carboxylic acids is 1. The van der Waals surface area contributed by atoms with Gasteiger partial charge in [-0.25, -0.2) is 9.59 Å². The number of hydrogen-bond donors (Lipinski definition) is 2. The summed E-state index contributed by atoms with van der Waals surface area (Å²) in [6.07, 6.45) is 6.37. The van der Waals surface area contributed by atoms with Crippen LogP contribution < -0.4 is 5.32 Å². The van der Waals surface area contributed by atoms with E-state index in [2.05, 4.69) is 12.2 Å². The van der Waals surface area contributed by atoms with E-state index in [-0.39, 0.29) is 12.1 Å².